The molecule has 0 bridgehead atoms. The van der Waals surface area contributed by atoms with Gasteiger partial charge in [-0.2, -0.15) is 0 Å². The van der Waals surface area contributed by atoms with Crippen LogP contribution in [0.4, 0.5) is 0 Å². The van der Waals surface area contributed by atoms with Crippen LogP contribution < -0.4 is 0 Å². The Balaban J connectivity index is 2.82. The van der Waals surface area contributed by atoms with Crippen molar-refractivity contribution in [1.82, 2.24) is 0 Å². The van der Waals surface area contributed by atoms with Gasteiger partial charge in [0.1, 0.15) is 0 Å². The first-order valence-corrected chi connectivity index (χ1v) is 3.29. The Morgan fingerprint density at radius 2 is 2.33 bits per heavy atom. The molecule has 0 aromatic rings. The first-order valence-electron chi connectivity index (χ1n) is 3.29. The van der Waals surface area contributed by atoms with Gasteiger partial charge in [-0.1, -0.05) is 13.0 Å². The Labute approximate surface area is 56.1 Å². The summed E-state index contributed by atoms with van der Waals surface area (Å²) >= 11 is 0. The topological polar surface area (TPSA) is 29.5 Å². The average Bonchev–Trinajstić information content (AvgIpc) is 1.89. The lowest BCUT2D eigenvalue weighted by Gasteiger charge is -1.95. The normalized spacial score (nSPS) is 10.4. The third kappa shape index (κ3) is 7.50. The van der Waals surface area contributed by atoms with Crippen LogP contribution in [-0.2, 0) is 4.74 Å². The molecule has 0 aliphatic carbocycles. The maximum absolute atomic E-state index is 8.32. The van der Waals surface area contributed by atoms with E-state index in [-0.39, 0.29) is 6.61 Å². The van der Waals surface area contributed by atoms with E-state index in [1.807, 2.05) is 13.0 Å². The minimum atomic E-state index is 0.208. The summed E-state index contributed by atoms with van der Waals surface area (Å²) in [6.07, 6.45) is 5.33. The molecule has 0 unspecified atom stereocenters. The van der Waals surface area contributed by atoms with Crippen molar-refractivity contribution in [3.63, 3.8) is 0 Å². The summed E-state index contributed by atoms with van der Waals surface area (Å²) in [5.74, 6) is 0. The highest BCUT2D eigenvalue weighted by atomic mass is 16.5. The van der Waals surface area contributed by atoms with Crippen LogP contribution in [0.25, 0.3) is 0 Å². The molecular weight excluding hydrogens is 116 g/mol. The zero-order chi connectivity index (χ0) is 6.95. The number of hydrogen-bond donors (Lipinski definition) is 1. The van der Waals surface area contributed by atoms with Gasteiger partial charge < -0.3 is 9.84 Å². The van der Waals surface area contributed by atoms with Gasteiger partial charge in [-0.25, -0.2) is 0 Å². The van der Waals surface area contributed by atoms with Crippen molar-refractivity contribution in [2.24, 2.45) is 0 Å². The second-order valence-electron chi connectivity index (χ2n) is 1.73. The molecule has 0 aliphatic rings. The fourth-order valence-corrected chi connectivity index (χ4v) is 0.380. The van der Waals surface area contributed by atoms with E-state index in [4.69, 9.17) is 9.84 Å². The van der Waals surface area contributed by atoms with Gasteiger partial charge in [-0.15, -0.1) is 0 Å². The molecule has 0 aromatic carbocycles. The third-order valence-electron chi connectivity index (χ3n) is 0.848. The third-order valence-corrected chi connectivity index (χ3v) is 0.848. The number of hydrogen-bond acceptors (Lipinski definition) is 2. The molecule has 9 heavy (non-hydrogen) atoms. The van der Waals surface area contributed by atoms with Crippen molar-refractivity contribution in [3.05, 3.63) is 12.3 Å². The Morgan fingerprint density at radius 1 is 1.56 bits per heavy atom. The zero-order valence-electron chi connectivity index (χ0n) is 5.84. The molecule has 2 nitrogen and oxygen atoms in total. The van der Waals surface area contributed by atoms with Crippen molar-refractivity contribution in [1.29, 1.82) is 0 Å². The fraction of sp³-hybridized carbons (Fsp3) is 0.714. The SMILES string of the molecule is CC/C=C/OCCCO. The van der Waals surface area contributed by atoms with Crippen LogP contribution in [0.5, 0.6) is 0 Å². The van der Waals surface area contributed by atoms with Crippen LogP contribution in [0, 0.1) is 0 Å². The molecule has 54 valence electrons. The van der Waals surface area contributed by atoms with Gasteiger partial charge in [0, 0.05) is 13.0 Å². The minimum Gasteiger partial charge on any atom is -0.501 e. The van der Waals surface area contributed by atoms with E-state index >= 15 is 0 Å². The molecule has 0 heterocycles. The summed E-state index contributed by atoms with van der Waals surface area (Å²) in [6.45, 7) is 2.87. The largest absolute Gasteiger partial charge is 0.501 e. The molecule has 0 atom stereocenters. The lowest BCUT2D eigenvalue weighted by Crippen LogP contribution is -1.90. The van der Waals surface area contributed by atoms with Crippen molar-refractivity contribution in [2.45, 2.75) is 19.8 Å². The molecule has 0 fully saturated rings. The molecule has 2 heteroatoms. The molecule has 0 radical (unpaired) electrons. The molecule has 0 saturated carbocycles. The predicted octanol–water partition coefficient (Wildman–Crippen LogP) is 1.31. The molecular formula is C7H14O2. The van der Waals surface area contributed by atoms with E-state index in [2.05, 4.69) is 0 Å². The quantitative estimate of drug-likeness (QED) is 0.449. The molecule has 0 amide bonds. The van der Waals surface area contributed by atoms with Gasteiger partial charge in [-0.05, 0) is 6.42 Å². The molecule has 0 aliphatic heterocycles. The van der Waals surface area contributed by atoms with E-state index in [1.165, 1.54) is 0 Å². The van der Waals surface area contributed by atoms with Crippen molar-refractivity contribution in [3.8, 4) is 0 Å². The number of allylic oxidation sites excluding steroid dienone is 1. The van der Waals surface area contributed by atoms with Crippen LogP contribution >= 0.6 is 0 Å². The Bertz CT molecular complexity index is 69.3. The maximum Gasteiger partial charge on any atom is 0.0895 e. The van der Waals surface area contributed by atoms with Crippen LogP contribution in [0.3, 0.4) is 0 Å². The van der Waals surface area contributed by atoms with Crippen LogP contribution in [-0.4, -0.2) is 18.3 Å². The zero-order valence-corrected chi connectivity index (χ0v) is 5.84. The van der Waals surface area contributed by atoms with Crippen LogP contribution in [0.1, 0.15) is 19.8 Å². The Morgan fingerprint density at radius 3 is 2.89 bits per heavy atom. The lowest BCUT2D eigenvalue weighted by molar-refractivity contribution is 0.199. The van der Waals surface area contributed by atoms with Gasteiger partial charge in [0.2, 0.25) is 0 Å². The molecule has 0 spiro atoms. The minimum absolute atomic E-state index is 0.208. The fourth-order valence-electron chi connectivity index (χ4n) is 0.380. The van der Waals surface area contributed by atoms with E-state index in [0.717, 1.165) is 6.42 Å². The Kier molecular flexibility index (Phi) is 7.08. The molecule has 1 N–H and O–H groups in total. The van der Waals surface area contributed by atoms with E-state index in [1.54, 1.807) is 6.26 Å². The van der Waals surface area contributed by atoms with Crippen LogP contribution in [0.2, 0.25) is 0 Å². The number of ether oxygens (including phenoxy) is 1. The first kappa shape index (κ1) is 8.50. The van der Waals surface area contributed by atoms with Crippen LogP contribution in [0.15, 0.2) is 12.3 Å². The highest BCUT2D eigenvalue weighted by Gasteiger charge is 1.78. The summed E-state index contributed by atoms with van der Waals surface area (Å²) in [5.41, 5.74) is 0. The second kappa shape index (κ2) is 7.50. The van der Waals surface area contributed by atoms with Crippen molar-refractivity contribution >= 4 is 0 Å². The van der Waals surface area contributed by atoms with E-state index in [0.29, 0.717) is 13.0 Å². The number of aliphatic hydroxyl groups is 1. The molecule has 0 saturated heterocycles. The van der Waals surface area contributed by atoms with Gasteiger partial charge in [0.25, 0.3) is 0 Å². The standard InChI is InChI=1S/C7H14O2/c1-2-3-6-9-7-4-5-8/h3,6,8H,2,4-5,7H2,1H3/b6-3+. The first-order chi connectivity index (χ1) is 4.41. The lowest BCUT2D eigenvalue weighted by atomic mass is 10.5. The van der Waals surface area contributed by atoms with E-state index < -0.39 is 0 Å². The van der Waals surface area contributed by atoms with Gasteiger partial charge in [0.05, 0.1) is 12.9 Å². The average molecular weight is 130 g/mol. The summed E-state index contributed by atoms with van der Waals surface area (Å²) in [6, 6.07) is 0. The maximum atomic E-state index is 8.32. The van der Waals surface area contributed by atoms with E-state index in [9.17, 15) is 0 Å². The molecule has 0 aromatic heterocycles. The second-order valence-corrected chi connectivity index (χ2v) is 1.73. The van der Waals surface area contributed by atoms with Crippen molar-refractivity contribution in [2.75, 3.05) is 13.2 Å². The van der Waals surface area contributed by atoms with Crippen molar-refractivity contribution < 1.29 is 9.84 Å². The Hall–Kier alpha value is -0.500. The molecule has 0 rings (SSSR count). The monoisotopic (exact) mass is 130 g/mol. The summed E-state index contributed by atoms with van der Waals surface area (Å²) in [5, 5.41) is 8.32. The highest BCUT2D eigenvalue weighted by Crippen LogP contribution is 1.84. The summed E-state index contributed by atoms with van der Waals surface area (Å²) < 4.78 is 4.97. The summed E-state index contributed by atoms with van der Waals surface area (Å²) in [7, 11) is 0. The number of aliphatic hydroxyl groups excluding tert-OH is 1. The predicted molar refractivity (Wildman–Crippen MR) is 37.1 cm³/mol. The number of rotatable bonds is 5. The highest BCUT2D eigenvalue weighted by molar-refractivity contribution is 4.70. The smallest absolute Gasteiger partial charge is 0.0895 e. The van der Waals surface area contributed by atoms with Gasteiger partial charge in [-0.3, -0.25) is 0 Å². The summed E-state index contributed by atoms with van der Waals surface area (Å²) in [4.78, 5) is 0. The van der Waals surface area contributed by atoms with Gasteiger partial charge >= 0.3 is 0 Å². The van der Waals surface area contributed by atoms with Gasteiger partial charge in [0.15, 0.2) is 0 Å².